The third-order valence-corrected chi connectivity index (χ3v) is 7.93. The van der Waals surface area contributed by atoms with E-state index in [1.807, 2.05) is 23.3 Å². The molecule has 4 aliphatic carbocycles. The summed E-state index contributed by atoms with van der Waals surface area (Å²) in [5.41, 5.74) is 0. The topological polar surface area (TPSA) is 59.8 Å². The van der Waals surface area contributed by atoms with Gasteiger partial charge in [-0.3, -0.25) is 4.79 Å². The monoisotopic (exact) mass is 362 g/mol. The zero-order valence-corrected chi connectivity index (χ0v) is 16.4. The number of aromatic nitrogens is 3. The molecule has 4 saturated carbocycles. The second kappa shape index (κ2) is 6.60. The van der Waals surface area contributed by atoms with Gasteiger partial charge < -0.3 is 9.88 Å². The number of nitrogens with zero attached hydrogens (tertiary/aromatic N) is 3. The van der Waals surface area contributed by atoms with Gasteiger partial charge in [-0.05, 0) is 77.0 Å². The van der Waals surface area contributed by atoms with E-state index in [1.165, 1.54) is 38.5 Å². The molecule has 0 radical (unpaired) electrons. The highest BCUT2D eigenvalue weighted by Crippen LogP contribution is 2.60. The third-order valence-electron chi connectivity index (χ3n) is 6.41. The highest BCUT2D eigenvalue weighted by Gasteiger charge is 2.51. The fourth-order valence-electron chi connectivity index (χ4n) is 5.73. The van der Waals surface area contributed by atoms with Crippen molar-refractivity contribution in [3.8, 4) is 0 Å². The standard InChI is InChI=1S/C19H30N4OS/c1-12(2)23-11-20-22-18(23)13(3)21-17(24)10-25-19-7-14-4-15(8-19)6-16(5-14)9-19/h11-16H,4-10H2,1-3H3,(H,21,24)/t13-,14?,15?,16?,19?/m1/s1. The number of nitrogens with one attached hydrogen (secondary N) is 1. The van der Waals surface area contributed by atoms with Crippen molar-refractivity contribution in [2.24, 2.45) is 17.8 Å². The summed E-state index contributed by atoms with van der Waals surface area (Å²) in [6.07, 6.45) is 10.1. The molecule has 5 nitrogen and oxygen atoms in total. The molecule has 1 heterocycles. The molecule has 1 atom stereocenters. The van der Waals surface area contributed by atoms with Gasteiger partial charge in [0.25, 0.3) is 0 Å². The maximum Gasteiger partial charge on any atom is 0.230 e. The van der Waals surface area contributed by atoms with Gasteiger partial charge in [0.15, 0.2) is 5.82 Å². The summed E-state index contributed by atoms with van der Waals surface area (Å²) in [6.45, 7) is 6.20. The highest BCUT2D eigenvalue weighted by atomic mass is 32.2. The van der Waals surface area contributed by atoms with Crippen molar-refractivity contribution in [2.45, 2.75) is 76.1 Å². The van der Waals surface area contributed by atoms with Gasteiger partial charge in [-0.15, -0.1) is 22.0 Å². The predicted octanol–water partition coefficient (Wildman–Crippen LogP) is 3.74. The minimum Gasteiger partial charge on any atom is -0.346 e. The molecule has 0 aliphatic heterocycles. The molecule has 5 rings (SSSR count). The smallest absolute Gasteiger partial charge is 0.230 e. The largest absolute Gasteiger partial charge is 0.346 e. The minimum absolute atomic E-state index is 0.102. The van der Waals surface area contributed by atoms with Crippen molar-refractivity contribution >= 4 is 17.7 Å². The van der Waals surface area contributed by atoms with E-state index in [9.17, 15) is 4.79 Å². The number of hydrogen-bond donors (Lipinski definition) is 1. The molecule has 4 bridgehead atoms. The second-order valence-corrected chi connectivity index (χ2v) is 10.3. The molecule has 1 aromatic heterocycles. The lowest BCUT2D eigenvalue weighted by molar-refractivity contribution is -0.119. The molecule has 1 aromatic rings. The minimum atomic E-state index is -0.102. The first-order valence-corrected chi connectivity index (χ1v) is 10.8. The predicted molar refractivity (Wildman–Crippen MR) is 100 cm³/mol. The van der Waals surface area contributed by atoms with E-state index in [0.29, 0.717) is 16.5 Å². The normalized spacial score (nSPS) is 34.5. The maximum absolute atomic E-state index is 12.5. The zero-order chi connectivity index (χ0) is 17.6. The van der Waals surface area contributed by atoms with Gasteiger partial charge in [-0.1, -0.05) is 0 Å². The fourth-order valence-corrected chi connectivity index (χ4v) is 7.32. The number of thioether (sulfide) groups is 1. The van der Waals surface area contributed by atoms with E-state index < -0.39 is 0 Å². The maximum atomic E-state index is 12.5. The molecule has 1 N–H and O–H groups in total. The lowest BCUT2D eigenvalue weighted by Gasteiger charge is -2.56. The molecule has 138 valence electrons. The summed E-state index contributed by atoms with van der Waals surface area (Å²) < 4.78 is 2.42. The summed E-state index contributed by atoms with van der Waals surface area (Å²) in [6, 6.07) is 0.195. The Labute approximate surface area is 154 Å². The van der Waals surface area contributed by atoms with E-state index in [0.717, 1.165) is 23.6 Å². The van der Waals surface area contributed by atoms with Gasteiger partial charge in [-0.2, -0.15) is 0 Å². The lowest BCUT2D eigenvalue weighted by atomic mass is 9.56. The second-order valence-electron chi connectivity index (χ2n) is 8.87. The highest BCUT2D eigenvalue weighted by molar-refractivity contribution is 8.01. The fraction of sp³-hybridized carbons (Fsp3) is 0.842. The van der Waals surface area contributed by atoms with Crippen LogP contribution in [0.15, 0.2) is 6.33 Å². The van der Waals surface area contributed by atoms with Crippen LogP contribution in [-0.4, -0.2) is 31.2 Å². The van der Waals surface area contributed by atoms with Gasteiger partial charge in [0.2, 0.25) is 5.91 Å². The summed E-state index contributed by atoms with van der Waals surface area (Å²) in [5, 5.41) is 11.3. The molecule has 4 fully saturated rings. The van der Waals surface area contributed by atoms with Crippen LogP contribution in [-0.2, 0) is 4.79 Å². The molecule has 1 amide bonds. The van der Waals surface area contributed by atoms with Crippen LogP contribution in [0.3, 0.4) is 0 Å². The Hall–Kier alpha value is -1.04. The first-order valence-electron chi connectivity index (χ1n) is 9.77. The van der Waals surface area contributed by atoms with Crippen LogP contribution < -0.4 is 5.32 Å². The van der Waals surface area contributed by atoms with Gasteiger partial charge in [0, 0.05) is 10.8 Å². The van der Waals surface area contributed by atoms with Crippen LogP contribution >= 0.6 is 11.8 Å². The van der Waals surface area contributed by atoms with E-state index in [-0.39, 0.29) is 11.9 Å². The van der Waals surface area contributed by atoms with Gasteiger partial charge in [0.05, 0.1) is 11.8 Å². The first kappa shape index (κ1) is 17.4. The zero-order valence-electron chi connectivity index (χ0n) is 15.6. The van der Waals surface area contributed by atoms with Gasteiger partial charge >= 0.3 is 0 Å². The average Bonchev–Trinajstić information content (AvgIpc) is 3.02. The molecule has 0 unspecified atom stereocenters. The Bertz CT molecular complexity index is 606. The Balaban J connectivity index is 1.33. The van der Waals surface area contributed by atoms with E-state index in [2.05, 4.69) is 29.4 Å². The first-order chi connectivity index (χ1) is 11.9. The van der Waals surface area contributed by atoms with Crippen LogP contribution in [0, 0.1) is 17.8 Å². The molecule has 0 aromatic carbocycles. The summed E-state index contributed by atoms with van der Waals surface area (Å²) in [4.78, 5) is 12.5. The number of amides is 1. The summed E-state index contributed by atoms with van der Waals surface area (Å²) in [5.74, 6) is 4.35. The SMILES string of the molecule is CC(C)n1cnnc1[C@@H](C)NC(=O)CSC12CC3CC(CC(C3)C1)C2. The van der Waals surface area contributed by atoms with Crippen LogP contribution in [0.4, 0.5) is 0 Å². The van der Waals surface area contributed by atoms with Crippen molar-refractivity contribution < 1.29 is 4.79 Å². The van der Waals surface area contributed by atoms with E-state index in [1.54, 1.807) is 6.33 Å². The van der Waals surface area contributed by atoms with Crippen LogP contribution in [0.25, 0.3) is 0 Å². The third kappa shape index (κ3) is 3.46. The van der Waals surface area contributed by atoms with E-state index >= 15 is 0 Å². The molecular formula is C19H30N4OS. The Morgan fingerprint density at radius 2 is 1.84 bits per heavy atom. The van der Waals surface area contributed by atoms with Crippen LogP contribution in [0.5, 0.6) is 0 Å². The molecule has 0 spiro atoms. The van der Waals surface area contributed by atoms with Crippen molar-refractivity contribution in [3.63, 3.8) is 0 Å². The molecular weight excluding hydrogens is 332 g/mol. The van der Waals surface area contributed by atoms with Crippen molar-refractivity contribution in [1.29, 1.82) is 0 Å². The Kier molecular flexibility index (Phi) is 4.59. The average molecular weight is 363 g/mol. The molecule has 4 aliphatic rings. The van der Waals surface area contributed by atoms with Crippen molar-refractivity contribution in [2.75, 3.05) is 5.75 Å². The number of carbonyl (C=O) groups excluding carboxylic acids is 1. The molecule has 6 heteroatoms. The van der Waals surface area contributed by atoms with E-state index in [4.69, 9.17) is 0 Å². The van der Waals surface area contributed by atoms with Crippen LogP contribution in [0.1, 0.15) is 77.2 Å². The van der Waals surface area contributed by atoms with Gasteiger partial charge in [-0.25, -0.2) is 0 Å². The van der Waals surface area contributed by atoms with Crippen LogP contribution in [0.2, 0.25) is 0 Å². The quantitative estimate of drug-likeness (QED) is 0.837. The Morgan fingerprint density at radius 1 is 1.24 bits per heavy atom. The molecule has 0 saturated heterocycles. The number of hydrogen-bond acceptors (Lipinski definition) is 4. The summed E-state index contributed by atoms with van der Waals surface area (Å²) in [7, 11) is 0. The van der Waals surface area contributed by atoms with Crippen molar-refractivity contribution in [3.05, 3.63) is 12.2 Å². The van der Waals surface area contributed by atoms with Gasteiger partial charge in [0.1, 0.15) is 6.33 Å². The number of rotatable bonds is 6. The Morgan fingerprint density at radius 3 is 2.40 bits per heavy atom. The van der Waals surface area contributed by atoms with Crippen molar-refractivity contribution in [1.82, 2.24) is 20.1 Å². The number of carbonyl (C=O) groups is 1. The molecule has 25 heavy (non-hydrogen) atoms. The lowest BCUT2D eigenvalue weighted by Crippen LogP contribution is -2.49. The summed E-state index contributed by atoms with van der Waals surface area (Å²) >= 11 is 1.94.